The largest absolute Gasteiger partial charge is 0.504 e. The van der Waals surface area contributed by atoms with Crippen LogP contribution in [0.3, 0.4) is 0 Å². The van der Waals surface area contributed by atoms with E-state index in [0.717, 1.165) is 11.3 Å². The highest BCUT2D eigenvalue weighted by atomic mass is 32.1. The number of aliphatic hydroxyl groups excluding tert-OH is 1. The van der Waals surface area contributed by atoms with Gasteiger partial charge in [0.25, 0.3) is 0 Å². The first-order valence-corrected chi connectivity index (χ1v) is 6.25. The lowest BCUT2D eigenvalue weighted by molar-refractivity contribution is -0.119. The number of benzene rings is 1. The molecule has 0 aliphatic heterocycles. The van der Waals surface area contributed by atoms with E-state index in [0.29, 0.717) is 21.6 Å². The fraction of sp³-hybridized carbons (Fsp3) is 0.100. The highest BCUT2D eigenvalue weighted by Crippen LogP contribution is 2.28. The van der Waals surface area contributed by atoms with Gasteiger partial charge in [-0.1, -0.05) is 0 Å². The molecule has 2 aromatic rings. The summed E-state index contributed by atoms with van der Waals surface area (Å²) in [5.41, 5.74) is 0.446. The van der Waals surface area contributed by atoms with Crippen LogP contribution >= 0.6 is 19.8 Å². The molecule has 1 N–H and O–H groups in total. The third-order valence-corrected chi connectivity index (χ3v) is 3.52. The average Bonchev–Trinajstić information content (AvgIpc) is 2.68. The van der Waals surface area contributed by atoms with E-state index < -0.39 is 11.9 Å². The summed E-state index contributed by atoms with van der Waals surface area (Å²) in [4.78, 5) is 3.91. The second-order valence-electron chi connectivity index (χ2n) is 3.32. The molecule has 0 atom stereocenters. The first-order chi connectivity index (χ1) is 8.40. The molecule has 0 unspecified atom stereocenters. The molecule has 1 heterocycles. The van der Waals surface area contributed by atoms with Crippen molar-refractivity contribution in [3.05, 3.63) is 29.0 Å². The number of rotatable bonds is 2. The standard InChI is InChI=1S/C10H5F3NO2PS/c11-10(12,13)8(15)4-9-14-6-3-5(17-16)1-2-7(6)18-9/h1-4,15H. The Morgan fingerprint density at radius 3 is 2.78 bits per heavy atom. The lowest BCUT2D eigenvalue weighted by Gasteiger charge is -2.02. The van der Waals surface area contributed by atoms with Gasteiger partial charge < -0.3 is 5.11 Å². The number of hydrogen-bond donors (Lipinski definition) is 1. The predicted octanol–water partition coefficient (Wildman–Crippen LogP) is 3.67. The highest BCUT2D eigenvalue weighted by Gasteiger charge is 2.33. The first-order valence-electron chi connectivity index (χ1n) is 4.62. The molecule has 0 radical (unpaired) electrons. The van der Waals surface area contributed by atoms with Crippen LogP contribution in [-0.2, 0) is 4.57 Å². The minimum Gasteiger partial charge on any atom is -0.504 e. The van der Waals surface area contributed by atoms with Crippen molar-refractivity contribution in [1.29, 1.82) is 0 Å². The van der Waals surface area contributed by atoms with Gasteiger partial charge in [0.2, 0.25) is 5.76 Å². The monoisotopic (exact) mass is 291 g/mol. The van der Waals surface area contributed by atoms with Crippen LogP contribution in [0.4, 0.5) is 13.2 Å². The van der Waals surface area contributed by atoms with E-state index in [1.807, 2.05) is 0 Å². The molecule has 18 heavy (non-hydrogen) atoms. The maximum Gasteiger partial charge on any atom is 0.448 e. The Balaban J connectivity index is 2.45. The van der Waals surface area contributed by atoms with E-state index in [-0.39, 0.29) is 13.5 Å². The Morgan fingerprint density at radius 2 is 2.17 bits per heavy atom. The number of nitrogens with zero attached hydrogens (tertiary/aromatic N) is 1. The molecular weight excluding hydrogens is 286 g/mol. The Bertz CT molecular complexity index is 636. The molecule has 0 amide bonds. The lowest BCUT2D eigenvalue weighted by Crippen LogP contribution is -2.10. The van der Waals surface area contributed by atoms with Gasteiger partial charge in [0.05, 0.1) is 10.2 Å². The van der Waals surface area contributed by atoms with Crippen LogP contribution in [0.15, 0.2) is 24.0 Å². The van der Waals surface area contributed by atoms with Crippen LogP contribution in [0.25, 0.3) is 16.3 Å². The zero-order valence-electron chi connectivity index (χ0n) is 8.60. The number of hydrogen-bond acceptors (Lipinski definition) is 4. The van der Waals surface area contributed by atoms with Crippen molar-refractivity contribution in [3.63, 3.8) is 0 Å². The molecule has 1 aromatic heterocycles. The highest BCUT2D eigenvalue weighted by molar-refractivity contribution is 7.34. The van der Waals surface area contributed by atoms with Crippen LogP contribution in [-0.4, -0.2) is 16.3 Å². The summed E-state index contributed by atoms with van der Waals surface area (Å²) in [6.07, 6.45) is -4.21. The van der Waals surface area contributed by atoms with E-state index in [4.69, 9.17) is 5.11 Å². The number of halogens is 3. The predicted molar refractivity (Wildman–Crippen MR) is 63.5 cm³/mol. The summed E-state index contributed by atoms with van der Waals surface area (Å²) in [6.45, 7) is 0. The molecule has 0 aliphatic rings. The molecule has 0 aliphatic carbocycles. The molecule has 0 saturated carbocycles. The van der Waals surface area contributed by atoms with Gasteiger partial charge in [-0.05, 0) is 18.2 Å². The van der Waals surface area contributed by atoms with Crippen LogP contribution in [0, 0.1) is 0 Å². The van der Waals surface area contributed by atoms with Crippen LogP contribution in [0.5, 0.6) is 0 Å². The summed E-state index contributed by atoms with van der Waals surface area (Å²) in [6, 6.07) is 4.73. The SMILES string of the molecule is O=Pc1ccc2sc(C=C(O)C(F)(F)F)nc2c1. The average molecular weight is 291 g/mol. The van der Waals surface area contributed by atoms with Crippen molar-refractivity contribution in [2.75, 3.05) is 0 Å². The van der Waals surface area contributed by atoms with Crippen molar-refractivity contribution in [2.45, 2.75) is 6.18 Å². The van der Waals surface area contributed by atoms with Crippen molar-refractivity contribution in [2.24, 2.45) is 0 Å². The maximum absolute atomic E-state index is 12.1. The fourth-order valence-corrected chi connectivity index (χ4v) is 2.45. The Morgan fingerprint density at radius 1 is 1.44 bits per heavy atom. The van der Waals surface area contributed by atoms with Gasteiger partial charge in [0.1, 0.15) is 5.01 Å². The molecule has 0 fully saturated rings. The summed E-state index contributed by atoms with van der Waals surface area (Å²) in [7, 11) is -0.180. The summed E-state index contributed by atoms with van der Waals surface area (Å²) >= 11 is 1.01. The van der Waals surface area contributed by atoms with Crippen molar-refractivity contribution in [1.82, 2.24) is 4.98 Å². The van der Waals surface area contributed by atoms with Crippen molar-refractivity contribution < 1.29 is 22.8 Å². The first kappa shape index (κ1) is 13.0. The number of aromatic nitrogens is 1. The maximum atomic E-state index is 12.1. The quantitative estimate of drug-likeness (QED) is 0.678. The zero-order valence-corrected chi connectivity index (χ0v) is 10.3. The lowest BCUT2D eigenvalue weighted by atomic mass is 10.3. The van der Waals surface area contributed by atoms with E-state index in [1.165, 1.54) is 6.07 Å². The molecule has 3 nitrogen and oxygen atoms in total. The molecule has 0 bridgehead atoms. The van der Waals surface area contributed by atoms with E-state index in [9.17, 15) is 17.7 Å². The molecule has 2 rings (SSSR count). The Labute approximate surface area is 105 Å². The molecule has 94 valence electrons. The van der Waals surface area contributed by atoms with Crippen molar-refractivity contribution >= 4 is 41.4 Å². The topological polar surface area (TPSA) is 50.2 Å². The van der Waals surface area contributed by atoms with Crippen molar-refractivity contribution in [3.8, 4) is 0 Å². The third-order valence-electron chi connectivity index (χ3n) is 2.04. The van der Waals surface area contributed by atoms with Gasteiger partial charge in [-0.15, -0.1) is 11.3 Å². The third kappa shape index (κ3) is 2.68. The van der Waals surface area contributed by atoms with Gasteiger partial charge >= 0.3 is 6.18 Å². The number of fused-ring (bicyclic) bond motifs is 1. The second kappa shape index (κ2) is 4.66. The zero-order chi connectivity index (χ0) is 13.3. The van der Waals surface area contributed by atoms with Gasteiger partial charge in [-0.3, -0.25) is 4.57 Å². The summed E-state index contributed by atoms with van der Waals surface area (Å²) in [5, 5.41) is 9.35. The molecule has 0 saturated heterocycles. The van der Waals surface area contributed by atoms with E-state index >= 15 is 0 Å². The van der Waals surface area contributed by atoms with Gasteiger partial charge in [0, 0.05) is 11.4 Å². The summed E-state index contributed by atoms with van der Waals surface area (Å²) in [5.74, 6) is -1.69. The van der Waals surface area contributed by atoms with Gasteiger partial charge in [-0.25, -0.2) is 4.98 Å². The number of alkyl halides is 3. The number of thiazole rings is 1. The molecular formula is C10H5F3NO2PS. The fourth-order valence-electron chi connectivity index (χ4n) is 1.25. The number of aliphatic hydroxyl groups is 1. The van der Waals surface area contributed by atoms with E-state index in [2.05, 4.69) is 4.98 Å². The second-order valence-corrected chi connectivity index (χ2v) is 5.08. The Hall–Kier alpha value is -1.46. The minimum atomic E-state index is -4.78. The van der Waals surface area contributed by atoms with E-state index in [1.54, 1.807) is 12.1 Å². The summed E-state index contributed by atoms with van der Waals surface area (Å²) < 4.78 is 47.7. The van der Waals surface area contributed by atoms with Crippen LogP contribution in [0.2, 0.25) is 0 Å². The van der Waals surface area contributed by atoms with Gasteiger partial charge in [-0.2, -0.15) is 13.2 Å². The van der Waals surface area contributed by atoms with Crippen LogP contribution < -0.4 is 5.30 Å². The minimum absolute atomic E-state index is 0.0412. The molecule has 0 spiro atoms. The number of allylic oxidation sites excluding steroid dienone is 1. The Kier molecular flexibility index (Phi) is 3.36. The smallest absolute Gasteiger partial charge is 0.448 e. The molecule has 8 heteroatoms. The van der Waals surface area contributed by atoms with Crippen LogP contribution in [0.1, 0.15) is 5.01 Å². The normalized spacial score (nSPS) is 13.4. The molecule has 1 aromatic carbocycles. The van der Waals surface area contributed by atoms with Gasteiger partial charge in [0.15, 0.2) is 8.46 Å².